The number of nitrogens with one attached hydrogen (secondary N) is 1. The lowest BCUT2D eigenvalue weighted by Crippen LogP contribution is -1.91. The van der Waals surface area contributed by atoms with E-state index in [4.69, 9.17) is 4.74 Å². The monoisotopic (exact) mass is 336 g/mol. The summed E-state index contributed by atoms with van der Waals surface area (Å²) in [4.78, 5) is 8.81. The number of methoxy groups -OCH3 is 1. The van der Waals surface area contributed by atoms with Crippen molar-refractivity contribution in [1.82, 2.24) is 20.2 Å². The van der Waals surface area contributed by atoms with Crippen LogP contribution in [0, 0.1) is 5.82 Å². The Hall–Kier alpha value is -3.48. The highest BCUT2D eigenvalue weighted by Crippen LogP contribution is 2.31. The summed E-state index contributed by atoms with van der Waals surface area (Å²) in [6.45, 7) is 0. The van der Waals surface area contributed by atoms with E-state index >= 15 is 0 Å². The molecule has 4 rings (SSSR count). The minimum Gasteiger partial charge on any atom is -0.507 e. The fraction of sp³-hybridized carbons (Fsp3) is 0.0556. The normalized spacial score (nSPS) is 11.0. The lowest BCUT2D eigenvalue weighted by Gasteiger charge is -2.05. The van der Waals surface area contributed by atoms with Crippen LogP contribution in [-0.4, -0.2) is 32.4 Å². The van der Waals surface area contributed by atoms with E-state index in [1.165, 1.54) is 25.4 Å². The Morgan fingerprint density at radius 1 is 1.16 bits per heavy atom. The van der Waals surface area contributed by atoms with Crippen molar-refractivity contribution < 1.29 is 14.2 Å². The van der Waals surface area contributed by atoms with Gasteiger partial charge < -0.3 is 9.84 Å². The maximum absolute atomic E-state index is 14.0. The van der Waals surface area contributed by atoms with Gasteiger partial charge in [-0.1, -0.05) is 12.1 Å². The summed E-state index contributed by atoms with van der Waals surface area (Å²) >= 11 is 0. The number of ether oxygens (including phenoxy) is 1. The molecule has 0 atom stereocenters. The van der Waals surface area contributed by atoms with Gasteiger partial charge in [0.05, 0.1) is 24.7 Å². The van der Waals surface area contributed by atoms with Crippen LogP contribution in [0.3, 0.4) is 0 Å². The molecule has 7 heteroatoms. The Balaban J connectivity index is 1.87. The maximum atomic E-state index is 14.0. The summed E-state index contributed by atoms with van der Waals surface area (Å²) in [5.74, 6) is -0.210. The summed E-state index contributed by atoms with van der Waals surface area (Å²) in [6.07, 6.45) is 1.54. The Kier molecular flexibility index (Phi) is 3.53. The number of aromatic amines is 1. The fourth-order valence-electron chi connectivity index (χ4n) is 2.64. The minimum absolute atomic E-state index is 0.108. The molecule has 0 spiro atoms. The van der Waals surface area contributed by atoms with Crippen LogP contribution in [0.1, 0.15) is 0 Å². The van der Waals surface area contributed by atoms with Crippen LogP contribution < -0.4 is 4.74 Å². The third-order valence-corrected chi connectivity index (χ3v) is 3.88. The lowest BCUT2D eigenvalue weighted by molar-refractivity contribution is 0.386. The molecule has 2 aromatic heterocycles. The van der Waals surface area contributed by atoms with Gasteiger partial charge in [-0.15, -0.1) is 0 Å². The standard InChI is InChI=1S/C18H13FN4O2/c1-25-15-7-6-10(8-12(15)19)16-17-18(23-22-16)20-9-13(21-17)11-4-2-3-5-14(11)24/h2-9,24H,1H3,(H,20,22,23). The van der Waals surface area contributed by atoms with Crippen molar-refractivity contribution in [2.75, 3.05) is 7.11 Å². The first-order valence-electron chi connectivity index (χ1n) is 7.51. The van der Waals surface area contributed by atoms with Gasteiger partial charge in [0.2, 0.25) is 0 Å². The van der Waals surface area contributed by atoms with E-state index in [2.05, 4.69) is 20.2 Å². The number of benzene rings is 2. The van der Waals surface area contributed by atoms with Gasteiger partial charge in [-0.2, -0.15) is 5.10 Å². The Morgan fingerprint density at radius 2 is 2.00 bits per heavy atom. The highest BCUT2D eigenvalue weighted by atomic mass is 19.1. The van der Waals surface area contributed by atoms with Crippen LogP contribution in [0.15, 0.2) is 48.7 Å². The van der Waals surface area contributed by atoms with E-state index < -0.39 is 5.82 Å². The average Bonchev–Trinajstić information content (AvgIpc) is 3.05. The molecule has 0 saturated heterocycles. The summed E-state index contributed by atoms with van der Waals surface area (Å²) in [6, 6.07) is 11.5. The van der Waals surface area contributed by atoms with E-state index in [1.54, 1.807) is 30.3 Å². The molecular formula is C18H13FN4O2. The molecule has 25 heavy (non-hydrogen) atoms. The quantitative estimate of drug-likeness (QED) is 0.598. The van der Waals surface area contributed by atoms with Crippen molar-refractivity contribution in [1.29, 1.82) is 0 Å². The Morgan fingerprint density at radius 3 is 2.76 bits per heavy atom. The van der Waals surface area contributed by atoms with Crippen LogP contribution in [0.4, 0.5) is 4.39 Å². The first-order chi connectivity index (χ1) is 12.2. The van der Waals surface area contributed by atoms with Crippen LogP contribution >= 0.6 is 0 Å². The van der Waals surface area contributed by atoms with E-state index in [0.717, 1.165) is 0 Å². The largest absolute Gasteiger partial charge is 0.507 e. The Labute approximate surface area is 142 Å². The van der Waals surface area contributed by atoms with Crippen molar-refractivity contribution in [3.8, 4) is 34.0 Å². The van der Waals surface area contributed by atoms with E-state index in [0.29, 0.717) is 33.7 Å². The molecule has 0 bridgehead atoms. The number of H-pyrrole nitrogens is 1. The molecule has 4 aromatic rings. The molecule has 2 heterocycles. The topological polar surface area (TPSA) is 83.9 Å². The number of para-hydroxylation sites is 1. The number of rotatable bonds is 3. The van der Waals surface area contributed by atoms with Crippen molar-refractivity contribution in [2.24, 2.45) is 0 Å². The first kappa shape index (κ1) is 15.1. The first-order valence-corrected chi connectivity index (χ1v) is 7.51. The van der Waals surface area contributed by atoms with Gasteiger partial charge >= 0.3 is 0 Å². The van der Waals surface area contributed by atoms with Crippen molar-refractivity contribution >= 4 is 11.2 Å². The molecule has 2 N–H and O–H groups in total. The predicted octanol–water partition coefficient (Wildman–Crippen LogP) is 3.54. The summed E-state index contributed by atoms with van der Waals surface area (Å²) in [5, 5.41) is 17.0. The van der Waals surface area contributed by atoms with Gasteiger partial charge in [0, 0.05) is 11.1 Å². The number of hydrogen-bond donors (Lipinski definition) is 2. The highest BCUT2D eigenvalue weighted by molar-refractivity contribution is 5.89. The molecule has 124 valence electrons. The second-order valence-corrected chi connectivity index (χ2v) is 5.39. The zero-order valence-electron chi connectivity index (χ0n) is 13.2. The van der Waals surface area contributed by atoms with Gasteiger partial charge in [0.15, 0.2) is 17.2 Å². The number of fused-ring (bicyclic) bond motifs is 1. The molecule has 0 fully saturated rings. The van der Waals surface area contributed by atoms with Crippen LogP contribution in [0.25, 0.3) is 33.7 Å². The van der Waals surface area contributed by atoms with Crippen molar-refractivity contribution in [2.45, 2.75) is 0 Å². The summed E-state index contributed by atoms with van der Waals surface area (Å²) in [7, 11) is 1.41. The number of phenolic OH excluding ortho intramolecular Hbond substituents is 1. The highest BCUT2D eigenvalue weighted by Gasteiger charge is 2.15. The third-order valence-electron chi connectivity index (χ3n) is 3.88. The zero-order chi connectivity index (χ0) is 17.4. The van der Waals surface area contributed by atoms with Crippen LogP contribution in [-0.2, 0) is 0 Å². The number of phenols is 1. The number of halogens is 1. The second-order valence-electron chi connectivity index (χ2n) is 5.39. The minimum atomic E-state index is -0.479. The van der Waals surface area contributed by atoms with Crippen molar-refractivity contribution in [3.63, 3.8) is 0 Å². The third kappa shape index (κ3) is 2.55. The molecule has 6 nitrogen and oxygen atoms in total. The zero-order valence-corrected chi connectivity index (χ0v) is 13.2. The average molecular weight is 336 g/mol. The fourth-order valence-corrected chi connectivity index (χ4v) is 2.64. The molecule has 0 aliphatic carbocycles. The van der Waals surface area contributed by atoms with Gasteiger partial charge in [0.1, 0.15) is 11.3 Å². The number of aromatic hydroxyl groups is 1. The molecule has 0 aliphatic heterocycles. The molecule has 0 saturated carbocycles. The Bertz CT molecular complexity index is 1080. The number of hydrogen-bond acceptors (Lipinski definition) is 5. The summed E-state index contributed by atoms with van der Waals surface area (Å²) in [5.41, 5.74) is 3.08. The maximum Gasteiger partial charge on any atom is 0.200 e. The SMILES string of the molecule is COc1ccc(-c2[nH]nc3ncc(-c4ccccc4O)nc23)cc1F. The van der Waals surface area contributed by atoms with Gasteiger partial charge in [0.25, 0.3) is 0 Å². The number of aromatic nitrogens is 4. The lowest BCUT2D eigenvalue weighted by atomic mass is 10.1. The smallest absolute Gasteiger partial charge is 0.200 e. The predicted molar refractivity (Wildman–Crippen MR) is 90.7 cm³/mol. The van der Waals surface area contributed by atoms with E-state index in [1.807, 2.05) is 0 Å². The molecule has 0 amide bonds. The summed E-state index contributed by atoms with van der Waals surface area (Å²) < 4.78 is 18.9. The van der Waals surface area contributed by atoms with E-state index in [9.17, 15) is 9.50 Å². The van der Waals surface area contributed by atoms with Crippen LogP contribution in [0.5, 0.6) is 11.5 Å². The second kappa shape index (κ2) is 5.86. The molecule has 2 aromatic carbocycles. The van der Waals surface area contributed by atoms with Gasteiger partial charge in [-0.3, -0.25) is 5.10 Å². The van der Waals surface area contributed by atoms with Gasteiger partial charge in [-0.25, -0.2) is 14.4 Å². The molecular weight excluding hydrogens is 323 g/mol. The van der Waals surface area contributed by atoms with Crippen LogP contribution in [0.2, 0.25) is 0 Å². The van der Waals surface area contributed by atoms with Gasteiger partial charge in [-0.05, 0) is 30.3 Å². The number of nitrogens with zero attached hydrogens (tertiary/aromatic N) is 3. The molecule has 0 aliphatic rings. The molecule has 0 unspecified atom stereocenters. The molecule has 0 radical (unpaired) electrons. The van der Waals surface area contributed by atoms with Crippen molar-refractivity contribution in [3.05, 3.63) is 54.5 Å². The van der Waals surface area contributed by atoms with E-state index in [-0.39, 0.29) is 11.5 Å².